The number of hydrogen-bond acceptors (Lipinski definition) is 2. The van der Waals surface area contributed by atoms with E-state index >= 15 is 0 Å². The van der Waals surface area contributed by atoms with Crippen molar-refractivity contribution in [2.24, 2.45) is 0 Å². The number of carbonyl (C=O) groups excluding carboxylic acids is 1. The van der Waals surface area contributed by atoms with Crippen LogP contribution in [0, 0.1) is 13.0 Å². The van der Waals surface area contributed by atoms with E-state index in [0.29, 0.717) is 0 Å². The molecule has 1 heterocycles. The van der Waals surface area contributed by atoms with Crippen LogP contribution in [0.15, 0.2) is 18.2 Å². The van der Waals surface area contributed by atoms with Crippen LogP contribution in [-0.2, 0) is 32.7 Å². The average Bonchev–Trinajstić information content (AvgIpc) is 2.42. The van der Waals surface area contributed by atoms with Crippen molar-refractivity contribution in [3.05, 3.63) is 35.4 Å². The zero-order chi connectivity index (χ0) is 13.5. The maximum Gasteiger partial charge on any atom is 0.198 e. The molecule has 1 aromatic carbocycles. The van der Waals surface area contributed by atoms with Gasteiger partial charge >= 0.3 is 0 Å². The number of benzene rings is 1. The number of aryl methyl sites for hydroxylation is 1. The molecule has 0 atom stereocenters. The van der Waals surface area contributed by atoms with E-state index < -0.39 is 0 Å². The summed E-state index contributed by atoms with van der Waals surface area (Å²) in [5, 5.41) is 0. The summed E-state index contributed by atoms with van der Waals surface area (Å²) in [7, 11) is 2.09. The number of nitrogens with zero attached hydrogens (tertiary/aromatic N) is 2. The van der Waals surface area contributed by atoms with Gasteiger partial charge in [0.2, 0.25) is 0 Å². The second-order valence-electron chi connectivity index (χ2n) is 4.34. The van der Waals surface area contributed by atoms with Crippen molar-refractivity contribution in [2.45, 2.75) is 20.8 Å². The number of amides is 1. The zero-order valence-electron chi connectivity index (χ0n) is 12.4. The smallest absolute Gasteiger partial charge is 0.198 e. The Hall–Kier alpha value is -0.246. The van der Waals surface area contributed by atoms with Gasteiger partial charge in [-0.05, 0) is 7.05 Å². The predicted octanol–water partition coefficient (Wildman–Crippen LogP) is 2.21. The minimum absolute atomic E-state index is 0. The molecule has 0 aliphatic carbocycles. The molecule has 1 fully saturated rings. The number of piperazine rings is 1. The van der Waals surface area contributed by atoms with Gasteiger partial charge < -0.3 is 9.80 Å². The van der Waals surface area contributed by atoms with E-state index in [9.17, 15) is 4.79 Å². The predicted molar refractivity (Wildman–Crippen MR) is 74.8 cm³/mol. The molecule has 0 unspecified atom stereocenters. The molecule has 0 aromatic heterocycles. The first-order chi connectivity index (χ1) is 8.68. The first kappa shape index (κ1) is 18.8. The third kappa shape index (κ3) is 5.33. The fourth-order valence-corrected chi connectivity index (χ4v) is 1.92. The van der Waals surface area contributed by atoms with Crippen LogP contribution >= 0.6 is 0 Å². The summed E-state index contributed by atoms with van der Waals surface area (Å²) in [6, 6.07) is 8.54. The number of hydrogen-bond donors (Lipinski definition) is 0. The first-order valence-electron chi connectivity index (χ1n) is 6.63. The molecule has 1 aromatic rings. The fourth-order valence-electron chi connectivity index (χ4n) is 1.92. The van der Waals surface area contributed by atoms with Gasteiger partial charge in [-0.25, -0.2) is 0 Å². The van der Waals surface area contributed by atoms with Crippen LogP contribution in [0.25, 0.3) is 0 Å². The van der Waals surface area contributed by atoms with E-state index in [4.69, 9.17) is 0 Å². The topological polar surface area (TPSA) is 23.6 Å². The van der Waals surface area contributed by atoms with Gasteiger partial charge in [0.05, 0.1) is 0 Å². The average molecular weight is 336 g/mol. The molecule has 1 radical (unpaired) electrons. The largest absolute Gasteiger partial charge is 0.346 e. The molecule has 0 spiro atoms. The quantitative estimate of drug-likeness (QED) is 0.734. The summed E-state index contributed by atoms with van der Waals surface area (Å²) >= 11 is 0. The molecule has 103 valence electrons. The fraction of sp³-hybridized carbons (Fsp3) is 0.533. The van der Waals surface area contributed by atoms with Gasteiger partial charge in [-0.3, -0.25) is 4.79 Å². The Kier molecular flexibility index (Phi) is 9.50. The summed E-state index contributed by atoms with van der Waals surface area (Å²) < 4.78 is 0. The van der Waals surface area contributed by atoms with E-state index in [0.717, 1.165) is 37.3 Å². The van der Waals surface area contributed by atoms with Crippen molar-refractivity contribution in [3.8, 4) is 0 Å². The van der Waals surface area contributed by atoms with E-state index in [1.807, 2.05) is 37.8 Å². The Labute approximate surface area is 142 Å². The molecular weight excluding hydrogens is 313 g/mol. The monoisotopic (exact) mass is 336 g/mol. The summed E-state index contributed by atoms with van der Waals surface area (Å²) in [5.74, 6) is 0.141. The minimum Gasteiger partial charge on any atom is -0.346 e. The second kappa shape index (κ2) is 9.63. The van der Waals surface area contributed by atoms with E-state index in [1.165, 1.54) is 0 Å². The van der Waals surface area contributed by atoms with Gasteiger partial charge in [-0.1, -0.05) is 26.3 Å². The summed E-state index contributed by atoms with van der Waals surface area (Å²) in [6.07, 6.45) is 0. The molecule has 1 aliphatic heterocycles. The normalized spacial score (nSPS) is 15.1. The number of likely N-dealkylation sites (N-methyl/N-ethyl adjacent to an activating group) is 1. The van der Waals surface area contributed by atoms with Crippen LogP contribution in [0.4, 0.5) is 0 Å². The minimum atomic E-state index is 0. The van der Waals surface area contributed by atoms with Crippen LogP contribution < -0.4 is 0 Å². The molecule has 0 bridgehead atoms. The van der Waals surface area contributed by atoms with Crippen LogP contribution in [0.2, 0.25) is 0 Å². The van der Waals surface area contributed by atoms with Gasteiger partial charge in [0.1, 0.15) is 0 Å². The molecule has 4 heteroatoms. The molecule has 0 N–H and O–H groups in total. The molecule has 1 saturated heterocycles. The third-order valence-electron chi connectivity index (χ3n) is 3.10. The third-order valence-corrected chi connectivity index (χ3v) is 3.10. The first-order valence-corrected chi connectivity index (χ1v) is 6.63. The van der Waals surface area contributed by atoms with Crippen LogP contribution in [0.1, 0.15) is 29.8 Å². The number of carbonyl (C=O) groups is 1. The van der Waals surface area contributed by atoms with Gasteiger partial charge in [0.15, 0.2) is 5.91 Å². The molecule has 1 aliphatic rings. The van der Waals surface area contributed by atoms with Crippen molar-refractivity contribution in [3.63, 3.8) is 0 Å². The van der Waals surface area contributed by atoms with Gasteiger partial charge in [-0.2, -0.15) is 24.3 Å². The second-order valence-corrected chi connectivity index (χ2v) is 4.34. The number of rotatable bonds is 1. The van der Waals surface area contributed by atoms with Gasteiger partial charge in [0.25, 0.3) is 0 Å². The zero-order valence-corrected chi connectivity index (χ0v) is 15.3. The van der Waals surface area contributed by atoms with Crippen LogP contribution in [0.3, 0.4) is 0 Å². The molecule has 0 saturated carbocycles. The van der Waals surface area contributed by atoms with Crippen molar-refractivity contribution in [2.75, 3.05) is 33.2 Å². The maximum absolute atomic E-state index is 12.2. The van der Waals surface area contributed by atoms with Gasteiger partial charge in [0, 0.05) is 58.9 Å². The van der Waals surface area contributed by atoms with Crippen molar-refractivity contribution in [1.29, 1.82) is 0 Å². The standard InChI is InChI=1S/C13H17N2O.C2H6.Y/c1-11-5-3-4-6-12(11)13(16)15-9-7-14(2)8-10-15;1-2;/h3,5-6H,7-10H2,1-2H3;1-2H3;/q-1;;. The Morgan fingerprint density at radius 3 is 2.32 bits per heavy atom. The Bertz CT molecular complexity index is 387. The van der Waals surface area contributed by atoms with Crippen molar-refractivity contribution >= 4 is 5.91 Å². The molecule has 2 rings (SSSR count). The summed E-state index contributed by atoms with van der Waals surface area (Å²) in [4.78, 5) is 16.4. The Balaban J connectivity index is 0.00000103. The SMILES string of the molecule is CC.Cc1cc[c-]cc1C(=O)N1CCN(C)CC1.[Y]. The maximum atomic E-state index is 12.2. The molecule has 3 nitrogen and oxygen atoms in total. The van der Waals surface area contributed by atoms with Crippen LogP contribution in [-0.4, -0.2) is 48.9 Å². The van der Waals surface area contributed by atoms with Crippen molar-refractivity contribution < 1.29 is 37.5 Å². The molecule has 1 amide bonds. The Morgan fingerprint density at radius 2 is 1.79 bits per heavy atom. The summed E-state index contributed by atoms with van der Waals surface area (Å²) in [6.45, 7) is 9.53. The van der Waals surface area contributed by atoms with E-state index in [-0.39, 0.29) is 38.6 Å². The summed E-state index contributed by atoms with van der Waals surface area (Å²) in [5.41, 5.74) is 1.81. The van der Waals surface area contributed by atoms with Crippen molar-refractivity contribution in [1.82, 2.24) is 9.80 Å². The molecular formula is C15H23N2OY-. The molecule has 19 heavy (non-hydrogen) atoms. The van der Waals surface area contributed by atoms with E-state index in [1.54, 1.807) is 6.07 Å². The van der Waals surface area contributed by atoms with Crippen LogP contribution in [0.5, 0.6) is 0 Å². The Morgan fingerprint density at radius 1 is 1.21 bits per heavy atom. The van der Waals surface area contributed by atoms with E-state index in [2.05, 4.69) is 18.0 Å². The van der Waals surface area contributed by atoms with Gasteiger partial charge in [-0.15, -0.1) is 5.56 Å².